The molecule has 4 rings (SSSR count). The molecular weight excluding hydrogens is 392 g/mol. The molecule has 1 amide bonds. The van der Waals surface area contributed by atoms with E-state index in [2.05, 4.69) is 11.6 Å². The van der Waals surface area contributed by atoms with Crippen molar-refractivity contribution in [3.05, 3.63) is 78.0 Å². The van der Waals surface area contributed by atoms with E-state index in [0.717, 1.165) is 11.3 Å². The van der Waals surface area contributed by atoms with Gasteiger partial charge in [0.15, 0.2) is 4.32 Å². The van der Waals surface area contributed by atoms with Crippen LogP contribution in [0, 0.1) is 0 Å². The molecule has 0 radical (unpaired) electrons. The standard InChI is InChI=1S/C21H16N2O3S2/c1-14-20(24)23(21(27)28-14)17-9-5-6-10-18(17)25-12-11-16-13-26-19(22-16)15-7-3-2-4-8-15/h2-10,13H,1,11-12H2. The number of oxazole rings is 1. The number of hydrogen-bond acceptors (Lipinski definition) is 6. The van der Waals surface area contributed by atoms with Crippen molar-refractivity contribution in [1.82, 2.24) is 4.98 Å². The Labute approximate surface area is 172 Å². The number of amides is 1. The van der Waals surface area contributed by atoms with E-state index < -0.39 is 0 Å². The first-order valence-electron chi connectivity index (χ1n) is 8.60. The third-order valence-electron chi connectivity index (χ3n) is 4.13. The monoisotopic (exact) mass is 408 g/mol. The second kappa shape index (κ2) is 8.00. The van der Waals surface area contributed by atoms with Crippen molar-refractivity contribution in [3.8, 4) is 17.2 Å². The third kappa shape index (κ3) is 3.72. The zero-order chi connectivity index (χ0) is 19.5. The van der Waals surface area contributed by atoms with Crippen molar-refractivity contribution < 1.29 is 13.9 Å². The van der Waals surface area contributed by atoms with Crippen LogP contribution in [0.15, 0.2) is 76.8 Å². The summed E-state index contributed by atoms with van der Waals surface area (Å²) in [6.45, 7) is 4.13. The molecule has 0 saturated carbocycles. The van der Waals surface area contributed by atoms with Crippen molar-refractivity contribution in [2.45, 2.75) is 6.42 Å². The van der Waals surface area contributed by atoms with Gasteiger partial charge in [-0.2, -0.15) is 0 Å². The molecular formula is C21H16N2O3S2. The van der Waals surface area contributed by atoms with E-state index in [1.165, 1.54) is 16.7 Å². The van der Waals surface area contributed by atoms with Gasteiger partial charge in [-0.15, -0.1) is 0 Å². The maximum atomic E-state index is 12.3. The van der Waals surface area contributed by atoms with Gasteiger partial charge in [0.05, 0.1) is 22.9 Å². The first kappa shape index (κ1) is 18.5. The molecule has 7 heteroatoms. The molecule has 1 saturated heterocycles. The molecule has 1 aliphatic rings. The lowest BCUT2D eigenvalue weighted by Crippen LogP contribution is -2.28. The van der Waals surface area contributed by atoms with E-state index >= 15 is 0 Å². The van der Waals surface area contributed by atoms with Crippen molar-refractivity contribution >= 4 is 39.9 Å². The van der Waals surface area contributed by atoms with Crippen LogP contribution in [-0.4, -0.2) is 21.8 Å². The molecule has 1 aliphatic heterocycles. The number of benzene rings is 2. The predicted molar refractivity (Wildman–Crippen MR) is 114 cm³/mol. The molecule has 1 aromatic heterocycles. The summed E-state index contributed by atoms with van der Waals surface area (Å²) in [5.41, 5.74) is 2.35. The zero-order valence-corrected chi connectivity index (χ0v) is 16.5. The molecule has 0 atom stereocenters. The summed E-state index contributed by atoms with van der Waals surface area (Å²) < 4.78 is 11.9. The Morgan fingerprint density at radius 1 is 1.14 bits per heavy atom. The molecule has 5 nitrogen and oxygen atoms in total. The van der Waals surface area contributed by atoms with Gasteiger partial charge >= 0.3 is 0 Å². The second-order valence-corrected chi connectivity index (χ2v) is 7.74. The van der Waals surface area contributed by atoms with Crippen LogP contribution in [0.25, 0.3) is 11.5 Å². The highest BCUT2D eigenvalue weighted by atomic mass is 32.2. The summed E-state index contributed by atoms with van der Waals surface area (Å²) in [7, 11) is 0. The van der Waals surface area contributed by atoms with Gasteiger partial charge in [-0.1, -0.05) is 60.9 Å². The van der Waals surface area contributed by atoms with Crippen molar-refractivity contribution in [1.29, 1.82) is 0 Å². The van der Waals surface area contributed by atoms with Gasteiger partial charge in [0.25, 0.3) is 5.91 Å². The molecule has 28 heavy (non-hydrogen) atoms. The highest BCUT2D eigenvalue weighted by molar-refractivity contribution is 8.27. The van der Waals surface area contributed by atoms with E-state index in [1.54, 1.807) is 6.26 Å². The predicted octanol–water partition coefficient (Wildman–Crippen LogP) is 4.84. The Balaban J connectivity index is 1.44. The fourth-order valence-electron chi connectivity index (χ4n) is 2.77. The minimum Gasteiger partial charge on any atom is -0.491 e. The van der Waals surface area contributed by atoms with Crippen LogP contribution in [0.1, 0.15) is 5.69 Å². The smallest absolute Gasteiger partial charge is 0.270 e. The molecule has 2 aromatic carbocycles. The maximum absolute atomic E-state index is 12.3. The topological polar surface area (TPSA) is 55.6 Å². The third-order valence-corrected chi connectivity index (χ3v) is 5.34. The molecule has 0 N–H and O–H groups in total. The Bertz CT molecular complexity index is 1050. The van der Waals surface area contributed by atoms with Gasteiger partial charge in [0.2, 0.25) is 5.89 Å². The SMILES string of the molecule is C=C1SC(=S)N(c2ccccc2OCCc2coc(-c3ccccc3)n2)C1=O. The number of carbonyl (C=O) groups excluding carboxylic acids is 1. The van der Waals surface area contributed by atoms with E-state index in [-0.39, 0.29) is 5.91 Å². The first-order valence-corrected chi connectivity index (χ1v) is 9.83. The van der Waals surface area contributed by atoms with Crippen molar-refractivity contribution in [3.63, 3.8) is 0 Å². The minimum atomic E-state index is -0.213. The van der Waals surface area contributed by atoms with Gasteiger partial charge in [0, 0.05) is 12.0 Å². The molecule has 2 heterocycles. The summed E-state index contributed by atoms with van der Waals surface area (Å²) in [5.74, 6) is 0.954. The maximum Gasteiger partial charge on any atom is 0.270 e. The first-order chi connectivity index (χ1) is 13.6. The van der Waals surface area contributed by atoms with E-state index in [1.807, 2.05) is 54.6 Å². The lowest BCUT2D eigenvalue weighted by Gasteiger charge is -2.18. The molecule has 0 unspecified atom stereocenters. The van der Waals surface area contributed by atoms with E-state index in [9.17, 15) is 4.79 Å². The number of ether oxygens (including phenoxy) is 1. The molecule has 1 fully saturated rings. The highest BCUT2D eigenvalue weighted by Gasteiger charge is 2.33. The molecule has 0 spiro atoms. The molecule has 140 valence electrons. The lowest BCUT2D eigenvalue weighted by atomic mass is 10.2. The summed E-state index contributed by atoms with van der Waals surface area (Å²) in [6, 6.07) is 17.0. The number of carbonyl (C=O) groups is 1. The average molecular weight is 409 g/mol. The average Bonchev–Trinajstić information content (AvgIpc) is 3.28. The Kier molecular flexibility index (Phi) is 5.27. The minimum absolute atomic E-state index is 0.213. The summed E-state index contributed by atoms with van der Waals surface area (Å²) >= 11 is 6.50. The Hall–Kier alpha value is -2.90. The van der Waals surface area contributed by atoms with Crippen LogP contribution in [0.2, 0.25) is 0 Å². The van der Waals surface area contributed by atoms with Crippen molar-refractivity contribution in [2.75, 3.05) is 11.5 Å². The van der Waals surface area contributed by atoms with Gasteiger partial charge in [0.1, 0.15) is 12.0 Å². The fraction of sp³-hybridized carbons (Fsp3) is 0.0952. The summed E-state index contributed by atoms with van der Waals surface area (Å²) in [4.78, 5) is 18.7. The van der Waals surface area contributed by atoms with Crippen LogP contribution in [-0.2, 0) is 11.2 Å². The number of aromatic nitrogens is 1. The number of para-hydroxylation sites is 2. The van der Waals surface area contributed by atoms with Crippen LogP contribution in [0.5, 0.6) is 5.75 Å². The number of rotatable bonds is 6. The van der Waals surface area contributed by atoms with Crippen molar-refractivity contribution in [2.24, 2.45) is 0 Å². The van der Waals surface area contributed by atoms with Crippen LogP contribution in [0.4, 0.5) is 5.69 Å². The fourth-order valence-corrected chi connectivity index (χ4v) is 3.92. The number of thiocarbonyl (C=S) groups is 1. The highest BCUT2D eigenvalue weighted by Crippen LogP contribution is 2.38. The van der Waals surface area contributed by atoms with E-state index in [4.69, 9.17) is 21.4 Å². The van der Waals surface area contributed by atoms with Crippen LogP contribution >= 0.6 is 24.0 Å². The quantitative estimate of drug-likeness (QED) is 0.430. The summed E-state index contributed by atoms with van der Waals surface area (Å²) in [6.07, 6.45) is 2.21. The lowest BCUT2D eigenvalue weighted by molar-refractivity contribution is -0.113. The largest absolute Gasteiger partial charge is 0.491 e. The number of thioether (sulfide) groups is 1. The van der Waals surface area contributed by atoms with E-state index in [0.29, 0.717) is 39.6 Å². The van der Waals surface area contributed by atoms with Gasteiger partial charge in [-0.3, -0.25) is 9.69 Å². The molecule has 3 aromatic rings. The number of anilines is 1. The van der Waals surface area contributed by atoms with Gasteiger partial charge in [-0.05, 0) is 24.3 Å². The number of nitrogens with zero attached hydrogens (tertiary/aromatic N) is 2. The Morgan fingerprint density at radius 2 is 1.89 bits per heavy atom. The van der Waals surface area contributed by atoms with Crippen LogP contribution < -0.4 is 9.64 Å². The second-order valence-electron chi connectivity index (χ2n) is 6.01. The molecule has 0 aliphatic carbocycles. The zero-order valence-electron chi connectivity index (χ0n) is 14.8. The van der Waals surface area contributed by atoms with Crippen LogP contribution in [0.3, 0.4) is 0 Å². The normalized spacial score (nSPS) is 14.0. The van der Waals surface area contributed by atoms with Gasteiger partial charge < -0.3 is 9.15 Å². The Morgan fingerprint density at radius 3 is 2.64 bits per heavy atom. The molecule has 0 bridgehead atoms. The van der Waals surface area contributed by atoms with Gasteiger partial charge in [-0.25, -0.2) is 4.98 Å². The number of hydrogen-bond donors (Lipinski definition) is 0. The summed E-state index contributed by atoms with van der Waals surface area (Å²) in [5, 5.41) is 0.